The van der Waals surface area contributed by atoms with Crippen molar-refractivity contribution in [3.63, 3.8) is 0 Å². The van der Waals surface area contributed by atoms with Crippen LogP contribution in [0.5, 0.6) is 0 Å². The largest absolute Gasteiger partial charge is 0.353 e. The van der Waals surface area contributed by atoms with Gasteiger partial charge in [-0.15, -0.1) is 0 Å². The summed E-state index contributed by atoms with van der Waals surface area (Å²) < 4.78 is 0. The van der Waals surface area contributed by atoms with Crippen LogP contribution in [0.25, 0.3) is 22.3 Å². The lowest BCUT2D eigenvalue weighted by atomic mass is 9.79. The van der Waals surface area contributed by atoms with Gasteiger partial charge in [-0.2, -0.15) is 0 Å². The zero-order valence-corrected chi connectivity index (χ0v) is 19.5. The molecule has 5 heterocycles. The SMILES string of the molecule is Clc1ccnc(Nc2cc(-c3nc(N4CCNCC4)c4c(C5CCC5)cncc4n3)ccn2)c1. The third-order valence-corrected chi connectivity index (χ3v) is 6.81. The third kappa shape index (κ3) is 4.15. The number of aromatic nitrogens is 5. The average Bonchev–Trinajstić information content (AvgIpc) is 2.83. The van der Waals surface area contributed by atoms with Crippen LogP contribution in [-0.2, 0) is 0 Å². The average molecular weight is 473 g/mol. The summed E-state index contributed by atoms with van der Waals surface area (Å²) in [6.07, 6.45) is 11.0. The quantitative estimate of drug-likeness (QED) is 0.437. The van der Waals surface area contributed by atoms with E-state index in [1.807, 2.05) is 24.5 Å². The van der Waals surface area contributed by atoms with Crippen molar-refractivity contribution in [3.8, 4) is 11.4 Å². The maximum Gasteiger partial charge on any atom is 0.162 e. The van der Waals surface area contributed by atoms with Crippen molar-refractivity contribution in [3.05, 3.63) is 59.6 Å². The summed E-state index contributed by atoms with van der Waals surface area (Å²) in [7, 11) is 0. The molecule has 2 N–H and O–H groups in total. The Morgan fingerprint density at radius 2 is 1.76 bits per heavy atom. The van der Waals surface area contributed by atoms with Crippen molar-refractivity contribution in [2.75, 3.05) is 36.4 Å². The van der Waals surface area contributed by atoms with Crippen molar-refractivity contribution in [1.29, 1.82) is 0 Å². The number of piperazine rings is 1. The Morgan fingerprint density at radius 1 is 0.971 bits per heavy atom. The van der Waals surface area contributed by atoms with E-state index in [9.17, 15) is 0 Å². The van der Waals surface area contributed by atoms with Gasteiger partial charge in [0.25, 0.3) is 0 Å². The van der Waals surface area contributed by atoms with Crippen molar-refractivity contribution in [2.24, 2.45) is 0 Å². The van der Waals surface area contributed by atoms with Crippen molar-refractivity contribution >= 4 is 40.0 Å². The van der Waals surface area contributed by atoms with E-state index < -0.39 is 0 Å². The van der Waals surface area contributed by atoms with Gasteiger partial charge in [0.05, 0.1) is 11.7 Å². The Morgan fingerprint density at radius 3 is 2.53 bits per heavy atom. The highest BCUT2D eigenvalue weighted by molar-refractivity contribution is 6.30. The van der Waals surface area contributed by atoms with Gasteiger partial charge in [-0.3, -0.25) is 4.98 Å². The summed E-state index contributed by atoms with van der Waals surface area (Å²) in [5.74, 6) is 3.51. The Kier molecular flexibility index (Phi) is 5.68. The smallest absolute Gasteiger partial charge is 0.162 e. The van der Waals surface area contributed by atoms with Crippen LogP contribution in [-0.4, -0.2) is 51.1 Å². The summed E-state index contributed by atoms with van der Waals surface area (Å²) in [6.45, 7) is 3.73. The summed E-state index contributed by atoms with van der Waals surface area (Å²) >= 11 is 6.10. The van der Waals surface area contributed by atoms with Crippen molar-refractivity contribution < 1.29 is 0 Å². The molecule has 2 fully saturated rings. The van der Waals surface area contributed by atoms with E-state index >= 15 is 0 Å². The second-order valence-electron chi connectivity index (χ2n) is 8.77. The van der Waals surface area contributed by atoms with E-state index in [0.29, 0.717) is 28.4 Å². The van der Waals surface area contributed by atoms with Gasteiger partial charge in [0.2, 0.25) is 0 Å². The molecule has 6 rings (SSSR count). The molecule has 0 radical (unpaired) electrons. The Bertz CT molecular complexity index is 1330. The van der Waals surface area contributed by atoms with E-state index in [1.54, 1.807) is 24.5 Å². The Labute approximate surface area is 202 Å². The van der Waals surface area contributed by atoms with Crippen LogP contribution in [0.2, 0.25) is 5.02 Å². The van der Waals surface area contributed by atoms with Crippen LogP contribution >= 0.6 is 11.6 Å². The molecule has 0 atom stereocenters. The first-order chi connectivity index (χ1) is 16.7. The van der Waals surface area contributed by atoms with Crippen LogP contribution in [0.15, 0.2) is 49.1 Å². The standard InChI is InChI=1S/C25H25ClN8/c26-18-5-7-30-22(13-18)32-21-12-17(4-6-29-21)24-31-20-15-28-14-19(16-2-1-3-16)23(20)25(33-24)34-10-8-27-9-11-34/h4-7,12-16,27H,1-3,8-11H2,(H,29,30,32). The highest BCUT2D eigenvalue weighted by Gasteiger charge is 2.26. The fourth-order valence-corrected chi connectivity index (χ4v) is 4.75. The lowest BCUT2D eigenvalue weighted by Gasteiger charge is -2.32. The van der Waals surface area contributed by atoms with Crippen LogP contribution < -0.4 is 15.5 Å². The minimum Gasteiger partial charge on any atom is -0.353 e. The van der Waals surface area contributed by atoms with Crippen LogP contribution in [0.4, 0.5) is 17.5 Å². The third-order valence-electron chi connectivity index (χ3n) is 6.57. The first kappa shape index (κ1) is 21.2. The number of hydrogen-bond acceptors (Lipinski definition) is 8. The van der Waals surface area contributed by atoms with Crippen molar-refractivity contribution in [1.82, 2.24) is 30.2 Å². The Hall–Kier alpha value is -3.36. The molecule has 2 aliphatic rings. The molecule has 0 aromatic carbocycles. The molecule has 1 saturated carbocycles. The van der Waals surface area contributed by atoms with Crippen LogP contribution in [0, 0.1) is 0 Å². The second kappa shape index (κ2) is 9.12. The molecule has 4 aromatic heterocycles. The first-order valence-corrected chi connectivity index (χ1v) is 12.1. The molecule has 1 aliphatic heterocycles. The molecule has 1 aliphatic carbocycles. The maximum absolute atomic E-state index is 6.10. The van der Waals surface area contributed by atoms with E-state index in [0.717, 1.165) is 48.5 Å². The van der Waals surface area contributed by atoms with Gasteiger partial charge < -0.3 is 15.5 Å². The molecule has 0 spiro atoms. The topological polar surface area (TPSA) is 91.8 Å². The van der Waals surface area contributed by atoms with Gasteiger partial charge >= 0.3 is 0 Å². The molecule has 4 aromatic rings. The zero-order valence-electron chi connectivity index (χ0n) is 18.7. The number of hydrogen-bond donors (Lipinski definition) is 2. The molecule has 0 bridgehead atoms. The summed E-state index contributed by atoms with van der Waals surface area (Å²) in [6, 6.07) is 7.37. The number of nitrogens with zero attached hydrogens (tertiary/aromatic N) is 6. The van der Waals surface area contributed by atoms with Crippen LogP contribution in [0.1, 0.15) is 30.7 Å². The van der Waals surface area contributed by atoms with Gasteiger partial charge in [-0.25, -0.2) is 19.9 Å². The highest BCUT2D eigenvalue weighted by Crippen LogP contribution is 2.42. The molecule has 9 heteroatoms. The lowest BCUT2D eigenvalue weighted by molar-refractivity contribution is 0.421. The molecule has 1 saturated heterocycles. The monoisotopic (exact) mass is 472 g/mol. The number of halogens is 1. The number of anilines is 3. The van der Waals surface area contributed by atoms with E-state index in [1.165, 1.54) is 24.8 Å². The Balaban J connectivity index is 1.44. The molecular weight excluding hydrogens is 448 g/mol. The van der Waals surface area contributed by atoms with Gasteiger partial charge in [-0.05, 0) is 48.6 Å². The van der Waals surface area contributed by atoms with Gasteiger partial charge in [0.15, 0.2) is 5.82 Å². The van der Waals surface area contributed by atoms with E-state index in [2.05, 4.69) is 30.5 Å². The normalized spacial score (nSPS) is 16.4. The predicted octanol–water partition coefficient (Wildman–Crippen LogP) is 4.56. The molecule has 0 unspecified atom stereocenters. The minimum absolute atomic E-state index is 0.550. The van der Waals surface area contributed by atoms with Crippen LogP contribution in [0.3, 0.4) is 0 Å². The van der Waals surface area contributed by atoms with Gasteiger partial charge in [-0.1, -0.05) is 18.0 Å². The molecule has 0 amide bonds. The summed E-state index contributed by atoms with van der Waals surface area (Å²) in [5.41, 5.74) is 3.06. The highest BCUT2D eigenvalue weighted by atomic mass is 35.5. The lowest BCUT2D eigenvalue weighted by Crippen LogP contribution is -2.44. The van der Waals surface area contributed by atoms with Gasteiger partial charge in [0.1, 0.15) is 17.5 Å². The maximum atomic E-state index is 6.10. The predicted molar refractivity (Wildman–Crippen MR) is 135 cm³/mol. The molecule has 34 heavy (non-hydrogen) atoms. The van der Waals surface area contributed by atoms with Gasteiger partial charge in [0, 0.05) is 60.7 Å². The number of nitrogens with one attached hydrogen (secondary N) is 2. The first-order valence-electron chi connectivity index (χ1n) is 11.7. The number of pyridine rings is 3. The summed E-state index contributed by atoms with van der Waals surface area (Å²) in [4.78, 5) is 25.8. The summed E-state index contributed by atoms with van der Waals surface area (Å²) in [5, 5.41) is 8.43. The molecule has 172 valence electrons. The molecular formula is C25H25ClN8. The fraction of sp³-hybridized carbons (Fsp3) is 0.320. The number of fused-ring (bicyclic) bond motifs is 1. The van der Waals surface area contributed by atoms with Crippen molar-refractivity contribution in [2.45, 2.75) is 25.2 Å². The van der Waals surface area contributed by atoms with E-state index in [4.69, 9.17) is 21.6 Å². The zero-order chi connectivity index (χ0) is 22.9. The minimum atomic E-state index is 0.550. The number of rotatable bonds is 5. The van der Waals surface area contributed by atoms with E-state index in [-0.39, 0.29) is 0 Å². The molecule has 8 nitrogen and oxygen atoms in total. The fourth-order valence-electron chi connectivity index (χ4n) is 4.59. The second-order valence-corrected chi connectivity index (χ2v) is 9.21.